The molecule has 1 heterocycles. The van der Waals surface area contributed by atoms with E-state index < -0.39 is 0 Å². The van der Waals surface area contributed by atoms with Gasteiger partial charge in [0.25, 0.3) is 0 Å². The minimum Gasteiger partial charge on any atom is -0.250 e. The second kappa shape index (κ2) is 2.04. The summed E-state index contributed by atoms with van der Waals surface area (Å²) in [7, 11) is 2.09. The second-order valence-electron chi connectivity index (χ2n) is 0.780. The van der Waals surface area contributed by atoms with Gasteiger partial charge in [0, 0.05) is 6.29 Å². The molecule has 1 saturated heterocycles. The zero-order valence-electron chi connectivity index (χ0n) is 2.71. The second-order valence-corrected chi connectivity index (χ2v) is 3.80. The van der Waals surface area contributed by atoms with Crippen LogP contribution in [0.15, 0.2) is 0 Å². The van der Waals surface area contributed by atoms with Crippen molar-refractivity contribution in [3.8, 4) is 0 Å². The maximum Gasteiger partial charge on any atom is 0.0325 e. The third-order valence-corrected chi connectivity index (χ3v) is 2.68. The van der Waals surface area contributed by atoms with Gasteiger partial charge in [-0.1, -0.05) is 8.27 Å². The molecule has 5 heavy (non-hydrogen) atoms. The highest BCUT2D eigenvalue weighted by atomic mass is 32.0. The lowest BCUT2D eigenvalue weighted by Crippen LogP contribution is -2.15. The Morgan fingerprint density at radius 3 is 2.80 bits per heavy atom. The van der Waals surface area contributed by atoms with E-state index in [-0.39, 0.29) is 0 Å². The summed E-state index contributed by atoms with van der Waals surface area (Å²) in [5.41, 5.74) is 3.00. The van der Waals surface area contributed by atoms with E-state index in [9.17, 15) is 0 Å². The van der Waals surface area contributed by atoms with E-state index in [0.29, 0.717) is 0 Å². The first kappa shape index (κ1) is 3.95. The zero-order chi connectivity index (χ0) is 3.54. The van der Waals surface area contributed by atoms with Gasteiger partial charge in [0.15, 0.2) is 0 Å². The molecule has 0 amide bonds. The molecule has 2 atom stereocenters. The third kappa shape index (κ3) is 1.11. The van der Waals surface area contributed by atoms with Gasteiger partial charge < -0.3 is 0 Å². The van der Waals surface area contributed by atoms with Crippen LogP contribution in [0.5, 0.6) is 0 Å². The van der Waals surface area contributed by atoms with E-state index in [1.54, 1.807) is 0 Å². The Kier molecular flexibility index (Phi) is 1.62. The maximum atomic E-state index is 3.01. The number of hydrazine groups is 1. The third-order valence-electron chi connectivity index (χ3n) is 0.416. The highest BCUT2D eigenvalue weighted by molar-refractivity contribution is 8.11. The van der Waals surface area contributed by atoms with E-state index in [0.717, 1.165) is 16.7 Å². The molecule has 0 aliphatic carbocycles. The Morgan fingerprint density at radius 2 is 2.60 bits per heavy atom. The first-order chi connectivity index (χ1) is 2.50. The smallest absolute Gasteiger partial charge is 0.0325 e. The summed E-state index contributed by atoms with van der Waals surface area (Å²) >= 11 is 0. The van der Waals surface area contributed by atoms with Crippen LogP contribution in [0.2, 0.25) is 0 Å². The highest BCUT2D eigenvalue weighted by Crippen LogP contribution is 2.34. The van der Waals surface area contributed by atoms with Gasteiger partial charge in [0.05, 0.1) is 0 Å². The average Bonchev–Trinajstić information content (AvgIpc) is 1.76. The number of hydrogen-bond donors (Lipinski definition) is 2. The molecule has 0 radical (unpaired) electrons. The van der Waals surface area contributed by atoms with Crippen molar-refractivity contribution in [2.75, 3.05) is 6.29 Å². The summed E-state index contributed by atoms with van der Waals surface area (Å²) < 4.78 is 0. The van der Waals surface area contributed by atoms with Gasteiger partial charge in [-0.25, -0.2) is 10.6 Å². The molecule has 0 spiro atoms. The van der Waals surface area contributed by atoms with Crippen molar-refractivity contribution in [2.45, 2.75) is 0 Å². The standard InChI is InChI=1S/CH6N2P2/c1-2-3-5-4-1/h2-5H,1H2. The average molecular weight is 108 g/mol. The normalized spacial score (nSPS) is 33.6. The molecule has 4 heteroatoms. The summed E-state index contributed by atoms with van der Waals surface area (Å²) in [5, 5.41) is 3.01. The molecule has 0 aromatic carbocycles. The van der Waals surface area contributed by atoms with Gasteiger partial charge in [-0.2, -0.15) is 0 Å². The molecule has 0 aromatic rings. The van der Waals surface area contributed by atoms with Crippen LogP contribution in [0.25, 0.3) is 0 Å². The quantitative estimate of drug-likeness (QED) is 0.434. The number of nitrogens with one attached hydrogen (secondary N) is 2. The van der Waals surface area contributed by atoms with Crippen LogP contribution in [-0.4, -0.2) is 6.29 Å². The minimum absolute atomic E-state index is 0.975. The molecule has 0 aromatic heterocycles. The Bertz CT molecular complexity index is 19.2. The van der Waals surface area contributed by atoms with Crippen molar-refractivity contribution in [1.82, 2.24) is 10.6 Å². The Labute approximate surface area is 34.6 Å². The molecule has 1 aliphatic rings. The van der Waals surface area contributed by atoms with Gasteiger partial charge in [-0.15, -0.1) is 0 Å². The first-order valence-electron chi connectivity index (χ1n) is 1.46. The zero-order valence-corrected chi connectivity index (χ0v) is 4.71. The number of hydrogen-bond acceptors (Lipinski definition) is 2. The van der Waals surface area contributed by atoms with Crippen molar-refractivity contribution in [2.24, 2.45) is 0 Å². The van der Waals surface area contributed by atoms with Crippen LogP contribution in [0, 0.1) is 0 Å². The molecule has 30 valence electrons. The van der Waals surface area contributed by atoms with Gasteiger partial charge >= 0.3 is 0 Å². The Hall–Kier alpha value is 0.780. The molecular weight excluding hydrogens is 102 g/mol. The summed E-state index contributed by atoms with van der Waals surface area (Å²) in [4.78, 5) is 0. The fraction of sp³-hybridized carbons (Fsp3) is 1.00. The van der Waals surface area contributed by atoms with Gasteiger partial charge in [-0.3, -0.25) is 0 Å². The van der Waals surface area contributed by atoms with E-state index in [4.69, 9.17) is 0 Å². The van der Waals surface area contributed by atoms with Gasteiger partial charge in [0.2, 0.25) is 0 Å². The molecule has 0 saturated carbocycles. The number of rotatable bonds is 0. The predicted molar refractivity (Wildman–Crippen MR) is 27.8 cm³/mol. The fourth-order valence-corrected chi connectivity index (χ4v) is 1.99. The molecule has 2 unspecified atom stereocenters. The first-order valence-corrected chi connectivity index (χ1v) is 4.66. The van der Waals surface area contributed by atoms with E-state index in [1.807, 2.05) is 0 Å². The van der Waals surface area contributed by atoms with E-state index >= 15 is 0 Å². The van der Waals surface area contributed by atoms with Crippen molar-refractivity contribution >= 4 is 16.7 Å². The SMILES string of the molecule is C1NNPP1. The molecular formula is CH6N2P2. The van der Waals surface area contributed by atoms with Crippen molar-refractivity contribution < 1.29 is 0 Å². The maximum absolute atomic E-state index is 3.01. The monoisotopic (exact) mass is 108 g/mol. The van der Waals surface area contributed by atoms with E-state index in [1.165, 1.54) is 6.29 Å². The summed E-state index contributed by atoms with van der Waals surface area (Å²) in [6, 6.07) is 0. The molecule has 2 N–H and O–H groups in total. The Balaban J connectivity index is 2.08. The fourth-order valence-electron chi connectivity index (χ4n) is 0.221. The highest BCUT2D eigenvalue weighted by Gasteiger charge is 1.90. The summed E-state index contributed by atoms with van der Waals surface area (Å²) in [6.45, 7) is 0. The van der Waals surface area contributed by atoms with E-state index in [2.05, 4.69) is 10.6 Å². The van der Waals surface area contributed by atoms with Crippen LogP contribution < -0.4 is 10.6 Å². The predicted octanol–water partition coefficient (Wildman–Crippen LogP) is 0.239. The lowest BCUT2D eigenvalue weighted by atomic mass is 11.5. The van der Waals surface area contributed by atoms with Crippen LogP contribution in [0.4, 0.5) is 0 Å². The lowest BCUT2D eigenvalue weighted by molar-refractivity contribution is 0.805. The molecule has 1 rings (SSSR count). The van der Waals surface area contributed by atoms with Crippen molar-refractivity contribution in [3.05, 3.63) is 0 Å². The van der Waals surface area contributed by atoms with Gasteiger partial charge in [-0.05, 0) is 8.42 Å². The summed E-state index contributed by atoms with van der Waals surface area (Å²) in [5.74, 6) is 0. The summed E-state index contributed by atoms with van der Waals surface area (Å²) in [6.07, 6.45) is 1.18. The van der Waals surface area contributed by atoms with Crippen LogP contribution in [-0.2, 0) is 0 Å². The Morgan fingerprint density at radius 1 is 1.60 bits per heavy atom. The molecule has 0 bridgehead atoms. The van der Waals surface area contributed by atoms with Crippen molar-refractivity contribution in [1.29, 1.82) is 0 Å². The lowest BCUT2D eigenvalue weighted by Gasteiger charge is -1.80. The van der Waals surface area contributed by atoms with Crippen molar-refractivity contribution in [3.63, 3.8) is 0 Å². The molecule has 2 nitrogen and oxygen atoms in total. The largest absolute Gasteiger partial charge is 0.250 e. The van der Waals surface area contributed by atoms with Crippen LogP contribution >= 0.6 is 16.7 Å². The van der Waals surface area contributed by atoms with Crippen LogP contribution in [0.1, 0.15) is 0 Å². The molecule has 1 fully saturated rings. The van der Waals surface area contributed by atoms with Crippen LogP contribution in [0.3, 0.4) is 0 Å². The topological polar surface area (TPSA) is 24.1 Å². The molecule has 1 aliphatic heterocycles. The van der Waals surface area contributed by atoms with Gasteiger partial charge in [0.1, 0.15) is 0 Å². The minimum atomic E-state index is 0.975.